The molecule has 0 bridgehead atoms. The molecule has 28 heavy (non-hydrogen) atoms. The van der Waals surface area contributed by atoms with Gasteiger partial charge in [-0.15, -0.1) is 0 Å². The van der Waals surface area contributed by atoms with Crippen LogP contribution in [0, 0.1) is 24.6 Å². The van der Waals surface area contributed by atoms with Crippen LogP contribution in [-0.4, -0.2) is 28.0 Å². The molecule has 2 heterocycles. The van der Waals surface area contributed by atoms with Gasteiger partial charge in [-0.2, -0.15) is 0 Å². The molecule has 6 heteroatoms. The van der Waals surface area contributed by atoms with Gasteiger partial charge in [0, 0.05) is 17.5 Å². The van der Waals surface area contributed by atoms with E-state index in [4.69, 9.17) is 0 Å². The fourth-order valence-corrected chi connectivity index (χ4v) is 5.91. The monoisotopic (exact) mass is 402 g/mol. The highest BCUT2D eigenvalue weighted by Gasteiger charge is 2.37. The van der Waals surface area contributed by atoms with Gasteiger partial charge in [-0.1, -0.05) is 18.3 Å². The van der Waals surface area contributed by atoms with Gasteiger partial charge >= 0.3 is 4.87 Å². The lowest BCUT2D eigenvalue weighted by Gasteiger charge is -2.45. The number of likely N-dealkylation sites (tertiary alicyclic amines) is 1. The van der Waals surface area contributed by atoms with E-state index in [1.54, 1.807) is 16.7 Å². The van der Waals surface area contributed by atoms with Gasteiger partial charge in [-0.25, -0.2) is 4.39 Å². The van der Waals surface area contributed by atoms with Crippen LogP contribution in [0.2, 0.25) is 0 Å². The van der Waals surface area contributed by atoms with E-state index >= 15 is 0 Å². The number of rotatable bonds is 3. The Kier molecular flexibility index (Phi) is 5.41. The summed E-state index contributed by atoms with van der Waals surface area (Å²) in [6.07, 6.45) is 5.69. The summed E-state index contributed by atoms with van der Waals surface area (Å²) < 4.78 is 14.9. The zero-order chi connectivity index (χ0) is 19.8. The number of hydrogen-bond donors (Lipinski definition) is 0. The molecule has 0 radical (unpaired) electrons. The van der Waals surface area contributed by atoms with Crippen molar-refractivity contribution in [3.05, 3.63) is 44.6 Å². The quantitative estimate of drug-likeness (QED) is 0.761. The van der Waals surface area contributed by atoms with Crippen molar-refractivity contribution in [2.24, 2.45) is 11.8 Å². The summed E-state index contributed by atoms with van der Waals surface area (Å²) in [5.41, 5.74) is 1.50. The van der Waals surface area contributed by atoms with E-state index in [0.717, 1.165) is 52.8 Å². The van der Waals surface area contributed by atoms with Crippen LogP contribution in [0.4, 0.5) is 4.39 Å². The minimum absolute atomic E-state index is 0.0347. The van der Waals surface area contributed by atoms with Crippen molar-refractivity contribution in [3.63, 3.8) is 0 Å². The molecule has 150 valence electrons. The third kappa shape index (κ3) is 3.66. The van der Waals surface area contributed by atoms with E-state index in [2.05, 4.69) is 6.92 Å². The number of carbonyl (C=O) groups excluding carboxylic acids is 1. The van der Waals surface area contributed by atoms with Gasteiger partial charge in [0.15, 0.2) is 0 Å². The molecule has 0 spiro atoms. The number of piperidine rings is 1. The molecule has 1 aliphatic heterocycles. The zero-order valence-electron chi connectivity index (χ0n) is 16.5. The number of aryl methyl sites for hydroxylation is 1. The lowest BCUT2D eigenvalue weighted by Crippen LogP contribution is -2.51. The van der Waals surface area contributed by atoms with Gasteiger partial charge in [-0.3, -0.25) is 14.2 Å². The van der Waals surface area contributed by atoms with Crippen LogP contribution in [0.1, 0.15) is 43.9 Å². The van der Waals surface area contributed by atoms with Crippen LogP contribution in [-0.2, 0) is 11.3 Å². The second-order valence-corrected chi connectivity index (χ2v) is 9.51. The number of nitrogens with zero attached hydrogens (tertiary/aromatic N) is 2. The molecule has 3 atom stereocenters. The van der Waals surface area contributed by atoms with Crippen LogP contribution < -0.4 is 4.87 Å². The molecular weight excluding hydrogens is 375 g/mol. The normalized spacial score (nSPS) is 24.8. The Morgan fingerprint density at radius 1 is 1.21 bits per heavy atom. The maximum Gasteiger partial charge on any atom is 0.308 e. The van der Waals surface area contributed by atoms with Crippen molar-refractivity contribution < 1.29 is 9.18 Å². The fourth-order valence-electron chi connectivity index (χ4n) is 5.05. The Hall–Kier alpha value is -1.95. The molecule has 1 amide bonds. The molecule has 1 saturated carbocycles. The van der Waals surface area contributed by atoms with E-state index in [1.807, 2.05) is 11.8 Å². The van der Waals surface area contributed by atoms with E-state index in [1.165, 1.54) is 31.4 Å². The third-order valence-electron chi connectivity index (χ3n) is 6.37. The van der Waals surface area contributed by atoms with Gasteiger partial charge in [0.05, 0.1) is 5.69 Å². The smallest absolute Gasteiger partial charge is 0.308 e. The predicted octanol–water partition coefficient (Wildman–Crippen LogP) is 4.45. The standard InChI is InChI=1S/C22H27FN2O2S/c1-14-5-10-19-17(12-14)4-3-11-24(19)20(26)13-25-21(15(2)28-22(25)27)16-6-8-18(23)9-7-16/h6-9,14,17,19H,3-5,10-13H2,1-2H3. The second-order valence-electron chi connectivity index (χ2n) is 8.34. The largest absolute Gasteiger partial charge is 0.338 e. The Morgan fingerprint density at radius 3 is 2.71 bits per heavy atom. The highest BCUT2D eigenvalue weighted by molar-refractivity contribution is 7.09. The lowest BCUT2D eigenvalue weighted by molar-refractivity contribution is -0.138. The average Bonchev–Trinajstić information content (AvgIpc) is 2.95. The molecule has 2 aliphatic rings. The summed E-state index contributed by atoms with van der Waals surface area (Å²) in [4.78, 5) is 28.6. The Morgan fingerprint density at radius 2 is 1.96 bits per heavy atom. The first-order chi connectivity index (χ1) is 13.4. The molecule has 4 rings (SSSR count). The molecule has 1 aromatic carbocycles. The first-order valence-corrected chi connectivity index (χ1v) is 11.0. The number of fused-ring (bicyclic) bond motifs is 1. The summed E-state index contributed by atoms with van der Waals surface area (Å²) in [6.45, 7) is 5.04. The van der Waals surface area contributed by atoms with Gasteiger partial charge in [0.1, 0.15) is 12.4 Å². The van der Waals surface area contributed by atoms with Gasteiger partial charge in [-0.05, 0) is 80.7 Å². The maximum atomic E-state index is 13.3. The van der Waals surface area contributed by atoms with Gasteiger partial charge < -0.3 is 4.90 Å². The molecule has 4 nitrogen and oxygen atoms in total. The molecule has 1 aliphatic carbocycles. The minimum Gasteiger partial charge on any atom is -0.338 e. The molecule has 3 unspecified atom stereocenters. The topological polar surface area (TPSA) is 42.3 Å². The van der Waals surface area contributed by atoms with Crippen molar-refractivity contribution in [2.75, 3.05) is 6.54 Å². The molecule has 1 aromatic heterocycles. The summed E-state index contributed by atoms with van der Waals surface area (Å²) in [5.74, 6) is 1.06. The Balaban J connectivity index is 1.60. The number of carbonyl (C=O) groups is 1. The number of hydrogen-bond acceptors (Lipinski definition) is 3. The Labute approximate surface area is 169 Å². The van der Waals surface area contributed by atoms with Crippen molar-refractivity contribution in [1.29, 1.82) is 0 Å². The molecular formula is C22H27FN2O2S. The predicted molar refractivity (Wildman–Crippen MR) is 110 cm³/mol. The van der Waals surface area contributed by atoms with E-state index in [-0.39, 0.29) is 23.1 Å². The maximum absolute atomic E-state index is 13.3. The summed E-state index contributed by atoms with van der Waals surface area (Å²) in [7, 11) is 0. The number of aromatic nitrogens is 1. The SMILES string of the molecule is Cc1sc(=O)n(CC(=O)N2CCCC3CC(C)CCC32)c1-c1ccc(F)cc1. The number of amides is 1. The molecule has 0 N–H and O–H groups in total. The van der Waals surface area contributed by atoms with Crippen molar-refractivity contribution in [3.8, 4) is 11.3 Å². The molecule has 1 saturated heterocycles. The average molecular weight is 403 g/mol. The zero-order valence-corrected chi connectivity index (χ0v) is 17.3. The van der Waals surface area contributed by atoms with Crippen molar-refractivity contribution >= 4 is 17.2 Å². The minimum atomic E-state index is -0.313. The summed E-state index contributed by atoms with van der Waals surface area (Å²) in [6, 6.07) is 6.44. The van der Waals surface area contributed by atoms with E-state index in [0.29, 0.717) is 12.0 Å². The van der Waals surface area contributed by atoms with E-state index < -0.39 is 0 Å². The number of thiazole rings is 1. The number of halogens is 1. The van der Waals surface area contributed by atoms with Gasteiger partial charge in [0.2, 0.25) is 5.91 Å². The van der Waals surface area contributed by atoms with Crippen LogP contribution in [0.15, 0.2) is 29.1 Å². The number of benzene rings is 1. The fraction of sp³-hybridized carbons (Fsp3) is 0.545. The highest BCUT2D eigenvalue weighted by Crippen LogP contribution is 2.38. The van der Waals surface area contributed by atoms with Crippen molar-refractivity contribution in [2.45, 2.75) is 58.5 Å². The van der Waals surface area contributed by atoms with Crippen molar-refractivity contribution in [1.82, 2.24) is 9.47 Å². The van der Waals surface area contributed by atoms with E-state index in [9.17, 15) is 14.0 Å². The van der Waals surface area contributed by atoms with Gasteiger partial charge in [0.25, 0.3) is 0 Å². The van der Waals surface area contributed by atoms with Crippen LogP contribution in [0.25, 0.3) is 11.3 Å². The highest BCUT2D eigenvalue weighted by atomic mass is 32.1. The summed E-state index contributed by atoms with van der Waals surface area (Å²) >= 11 is 1.15. The van der Waals surface area contributed by atoms with Crippen LogP contribution in [0.3, 0.4) is 0 Å². The lowest BCUT2D eigenvalue weighted by atomic mass is 9.74. The molecule has 2 aromatic rings. The second kappa shape index (κ2) is 7.82. The van der Waals surface area contributed by atoms with Crippen LogP contribution in [0.5, 0.6) is 0 Å². The third-order valence-corrected chi connectivity index (χ3v) is 7.27. The Bertz CT molecular complexity index is 918. The summed E-state index contributed by atoms with van der Waals surface area (Å²) in [5, 5.41) is 0. The first-order valence-electron chi connectivity index (χ1n) is 10.2. The van der Waals surface area contributed by atoms with Crippen LogP contribution >= 0.6 is 11.3 Å². The molecule has 2 fully saturated rings. The first kappa shape index (κ1) is 19.4.